The standard InChI is InChI=1S/C21H51Si4/c1-18(2,3)22(19(4,5)6)25(17,23(13,14)20(7,8)9)24(15,16)21(10,11)12/h1-17H3/q+1. The molecule has 0 aliphatic rings. The molecule has 0 saturated heterocycles. The van der Waals surface area contributed by atoms with Gasteiger partial charge >= 0.3 is 0 Å². The molecule has 0 aromatic heterocycles. The van der Waals surface area contributed by atoms with Crippen molar-refractivity contribution in [2.24, 2.45) is 0 Å². The van der Waals surface area contributed by atoms with Gasteiger partial charge in [0.1, 0.15) is 0 Å². The van der Waals surface area contributed by atoms with E-state index in [0.717, 1.165) is 0 Å². The summed E-state index contributed by atoms with van der Waals surface area (Å²) in [6.45, 7) is 43.5. The van der Waals surface area contributed by atoms with Crippen LogP contribution in [0.3, 0.4) is 0 Å². The van der Waals surface area contributed by atoms with Gasteiger partial charge in [-0.1, -0.05) is 67.7 Å². The summed E-state index contributed by atoms with van der Waals surface area (Å²) in [7, 11) is -3.41. The van der Waals surface area contributed by atoms with Gasteiger partial charge in [-0.2, -0.15) is 0 Å². The molecule has 150 valence electrons. The van der Waals surface area contributed by atoms with E-state index < -0.39 is 30.1 Å². The van der Waals surface area contributed by atoms with Crippen LogP contribution in [0.25, 0.3) is 0 Å². The summed E-state index contributed by atoms with van der Waals surface area (Å²) in [4.78, 5) is 0. The quantitative estimate of drug-likeness (QED) is 0.406. The zero-order valence-electron chi connectivity index (χ0n) is 21.0. The molecule has 0 amide bonds. The van der Waals surface area contributed by atoms with Gasteiger partial charge < -0.3 is 0 Å². The SMILES string of the molecule is CC(C)(C)[Si+](C(C)(C)C)[Si](C)([Si](C)(C)C(C)(C)C)[Si](C)(C)C(C)(C)C. The second kappa shape index (κ2) is 6.73. The maximum atomic E-state index is 2.92. The van der Waals surface area contributed by atoms with Crippen molar-refractivity contribution in [3.63, 3.8) is 0 Å². The van der Waals surface area contributed by atoms with Crippen molar-refractivity contribution in [2.75, 3.05) is 0 Å². The molecule has 0 aliphatic heterocycles. The first-order valence-electron chi connectivity index (χ1n) is 10.2. The van der Waals surface area contributed by atoms with Gasteiger partial charge in [0.2, 0.25) is 6.63 Å². The van der Waals surface area contributed by atoms with E-state index in [9.17, 15) is 0 Å². The summed E-state index contributed by atoms with van der Waals surface area (Å²) in [6, 6.07) is 0. The van der Waals surface area contributed by atoms with Crippen molar-refractivity contribution in [3.05, 3.63) is 0 Å². The van der Waals surface area contributed by atoms with Crippen LogP contribution >= 0.6 is 0 Å². The second-order valence-electron chi connectivity index (χ2n) is 13.8. The first kappa shape index (κ1) is 25.9. The molecule has 0 heterocycles. The molecule has 0 rings (SSSR count). The Kier molecular flexibility index (Phi) is 6.97. The molecule has 4 heteroatoms. The zero-order valence-corrected chi connectivity index (χ0v) is 25.0. The van der Waals surface area contributed by atoms with E-state index in [1.807, 2.05) is 0 Å². The van der Waals surface area contributed by atoms with Gasteiger partial charge in [0.05, 0.1) is 25.3 Å². The Bertz CT molecular complexity index is 422. The van der Waals surface area contributed by atoms with Gasteiger partial charge in [0.15, 0.2) is 0 Å². The number of rotatable bonds is 3. The van der Waals surface area contributed by atoms with Gasteiger partial charge in [-0.25, -0.2) is 0 Å². The summed E-state index contributed by atoms with van der Waals surface area (Å²) in [5.74, 6) is 0. The molecule has 0 saturated carbocycles. The normalized spacial score (nSPS) is 16.2. The maximum absolute atomic E-state index is 2.92. The smallest absolute Gasteiger partial charge is 0.0687 e. The third-order valence-electron chi connectivity index (χ3n) is 8.25. The lowest BCUT2D eigenvalue weighted by atomic mass is 10.2. The average molecular weight is 416 g/mol. The summed E-state index contributed by atoms with van der Waals surface area (Å²) in [5, 5.41) is 1.90. The Morgan fingerprint density at radius 1 is 0.440 bits per heavy atom. The van der Waals surface area contributed by atoms with Gasteiger partial charge in [-0.15, -0.1) is 0 Å². The van der Waals surface area contributed by atoms with Gasteiger partial charge in [-0.3, -0.25) is 0 Å². The zero-order chi connectivity index (χ0) is 21.1. The van der Waals surface area contributed by atoms with Crippen LogP contribution in [0.15, 0.2) is 0 Å². The molecular weight excluding hydrogens is 365 g/mol. The van der Waals surface area contributed by atoms with Crippen molar-refractivity contribution in [1.29, 1.82) is 0 Å². The van der Waals surface area contributed by atoms with Gasteiger partial charge in [-0.05, 0) is 58.2 Å². The van der Waals surface area contributed by atoms with E-state index in [-0.39, 0.29) is 0 Å². The molecule has 0 spiro atoms. The van der Waals surface area contributed by atoms with E-state index in [0.29, 0.717) is 20.2 Å². The molecule has 25 heavy (non-hydrogen) atoms. The van der Waals surface area contributed by atoms with Crippen LogP contribution < -0.4 is 0 Å². The summed E-state index contributed by atoms with van der Waals surface area (Å²) in [5.41, 5.74) is 0. The van der Waals surface area contributed by atoms with E-state index in [4.69, 9.17) is 0 Å². The topological polar surface area (TPSA) is 0 Å². The van der Waals surface area contributed by atoms with Crippen LogP contribution in [0.4, 0.5) is 0 Å². The average Bonchev–Trinajstić information content (AvgIpc) is 2.20. The van der Waals surface area contributed by atoms with Crippen molar-refractivity contribution in [3.8, 4) is 0 Å². The van der Waals surface area contributed by atoms with Crippen molar-refractivity contribution >= 4 is 30.1 Å². The van der Waals surface area contributed by atoms with Gasteiger partial charge in [0, 0.05) is 0 Å². The molecule has 0 aromatic carbocycles. The molecule has 0 fully saturated rings. The molecular formula is C21H51Si4+. The van der Waals surface area contributed by atoms with Crippen LogP contribution in [0.1, 0.15) is 83.1 Å². The Morgan fingerprint density at radius 2 is 0.640 bits per heavy atom. The van der Waals surface area contributed by atoms with Crippen LogP contribution in [0.5, 0.6) is 0 Å². The minimum Gasteiger partial charge on any atom is -0.0687 e. The summed E-state index contributed by atoms with van der Waals surface area (Å²) in [6.07, 6.45) is 0. The Hall–Kier alpha value is 0.868. The van der Waals surface area contributed by atoms with Crippen molar-refractivity contribution in [1.82, 2.24) is 0 Å². The summed E-state index contributed by atoms with van der Waals surface area (Å²) < 4.78 is 0. The molecule has 0 bridgehead atoms. The minimum atomic E-state index is -1.50. The molecule has 0 atom stereocenters. The maximum Gasteiger partial charge on any atom is 0.271 e. The lowest BCUT2D eigenvalue weighted by molar-refractivity contribution is 0.656. The lowest BCUT2D eigenvalue weighted by Crippen LogP contribution is -2.86. The van der Waals surface area contributed by atoms with E-state index in [1.165, 1.54) is 0 Å². The molecule has 0 aromatic rings. The van der Waals surface area contributed by atoms with E-state index in [1.54, 1.807) is 0 Å². The highest BCUT2D eigenvalue weighted by Gasteiger charge is 2.78. The second-order valence-corrected chi connectivity index (χ2v) is 51.8. The van der Waals surface area contributed by atoms with Crippen molar-refractivity contribution < 1.29 is 0 Å². The predicted octanol–water partition coefficient (Wildman–Crippen LogP) is 8.41. The fourth-order valence-electron chi connectivity index (χ4n) is 5.53. The van der Waals surface area contributed by atoms with Crippen LogP contribution in [-0.2, 0) is 0 Å². The minimum absolute atomic E-state index is 0.467. The van der Waals surface area contributed by atoms with E-state index in [2.05, 4.69) is 116 Å². The highest BCUT2D eigenvalue weighted by molar-refractivity contribution is 7.87. The lowest BCUT2D eigenvalue weighted by Gasteiger charge is -2.59. The Labute approximate surface area is 166 Å². The first-order chi connectivity index (χ1) is 10.4. The predicted molar refractivity (Wildman–Crippen MR) is 131 cm³/mol. The molecule has 0 unspecified atom stereocenters. The van der Waals surface area contributed by atoms with Crippen LogP contribution in [-0.4, -0.2) is 30.1 Å². The van der Waals surface area contributed by atoms with Crippen molar-refractivity contribution in [2.45, 2.75) is 136 Å². The first-order valence-corrected chi connectivity index (χ1v) is 23.2. The fraction of sp³-hybridized carbons (Fsp3) is 1.00. The van der Waals surface area contributed by atoms with Crippen LogP contribution in [0, 0.1) is 0 Å². The molecule has 0 aliphatic carbocycles. The molecule has 0 radical (unpaired) electrons. The van der Waals surface area contributed by atoms with E-state index >= 15 is 0 Å². The molecule has 0 nitrogen and oxygen atoms in total. The highest BCUT2D eigenvalue weighted by atomic mass is 29.9. The number of hydrogen-bond donors (Lipinski definition) is 0. The Balaban J connectivity index is 7.21. The highest BCUT2D eigenvalue weighted by Crippen LogP contribution is 2.59. The monoisotopic (exact) mass is 415 g/mol. The number of hydrogen-bond acceptors (Lipinski definition) is 0. The fourth-order valence-corrected chi connectivity index (χ4v) is 95.3. The Morgan fingerprint density at radius 3 is 0.760 bits per heavy atom. The summed E-state index contributed by atoms with van der Waals surface area (Å²) >= 11 is 0. The largest absolute Gasteiger partial charge is 0.271 e. The van der Waals surface area contributed by atoms with Crippen LogP contribution in [0.2, 0.25) is 52.9 Å². The third kappa shape index (κ3) is 4.32. The molecule has 0 N–H and O–H groups in total. The van der Waals surface area contributed by atoms with Gasteiger partial charge in [0.25, 0.3) is 8.31 Å². The third-order valence-corrected chi connectivity index (χ3v) is 78.8.